The number of hydrogen-bond acceptors (Lipinski definition) is 3. The molecular weight excluding hydrogens is 240 g/mol. The van der Waals surface area contributed by atoms with Crippen LogP contribution in [0.5, 0.6) is 0 Å². The van der Waals surface area contributed by atoms with Crippen LogP contribution in [0.4, 0.5) is 0 Å². The van der Waals surface area contributed by atoms with Crippen LogP contribution in [0, 0.1) is 0 Å². The molecule has 0 aromatic rings. The van der Waals surface area contributed by atoms with Gasteiger partial charge in [-0.2, -0.15) is 0 Å². The predicted molar refractivity (Wildman–Crippen MR) is 75.8 cm³/mol. The molecule has 0 radical (unpaired) electrons. The summed E-state index contributed by atoms with van der Waals surface area (Å²) in [7, 11) is 0. The Hall–Kier alpha value is -0.610. The van der Waals surface area contributed by atoms with Gasteiger partial charge in [-0.25, -0.2) is 0 Å². The number of ether oxygens (including phenoxy) is 1. The Morgan fingerprint density at radius 1 is 1.16 bits per heavy atom. The lowest BCUT2D eigenvalue weighted by Crippen LogP contribution is -2.55. The minimum absolute atomic E-state index is 0.0352. The highest BCUT2D eigenvalue weighted by molar-refractivity contribution is 5.86. The molecule has 4 heteroatoms. The van der Waals surface area contributed by atoms with Crippen LogP contribution in [0.25, 0.3) is 0 Å². The van der Waals surface area contributed by atoms with E-state index in [-0.39, 0.29) is 5.91 Å². The number of nitrogens with one attached hydrogen (secondary N) is 1. The van der Waals surface area contributed by atoms with Crippen LogP contribution in [0.15, 0.2) is 0 Å². The van der Waals surface area contributed by atoms with Crippen LogP contribution >= 0.6 is 0 Å². The first kappa shape index (κ1) is 14.8. The van der Waals surface area contributed by atoms with E-state index >= 15 is 0 Å². The average molecular weight is 268 g/mol. The average Bonchev–Trinajstić information content (AvgIpc) is 2.92. The topological polar surface area (TPSA) is 64.4 Å². The minimum Gasteiger partial charge on any atom is -0.378 e. The number of carbonyl (C=O) groups excluding carboxylic acids is 1. The molecule has 2 saturated carbocycles. The molecule has 0 heterocycles. The Labute approximate surface area is 116 Å². The maximum Gasteiger partial charge on any atom is 0.240 e. The highest BCUT2D eigenvalue weighted by Crippen LogP contribution is 2.26. The van der Waals surface area contributed by atoms with Gasteiger partial charge in [0.15, 0.2) is 0 Å². The van der Waals surface area contributed by atoms with Gasteiger partial charge in [-0.05, 0) is 32.1 Å². The van der Waals surface area contributed by atoms with E-state index in [0.717, 1.165) is 38.7 Å². The van der Waals surface area contributed by atoms with E-state index < -0.39 is 5.54 Å². The zero-order valence-corrected chi connectivity index (χ0v) is 12.0. The molecule has 0 saturated heterocycles. The van der Waals surface area contributed by atoms with Crippen molar-refractivity contribution in [2.24, 2.45) is 5.73 Å². The molecule has 0 bridgehead atoms. The van der Waals surface area contributed by atoms with Crippen molar-refractivity contribution >= 4 is 5.91 Å². The minimum atomic E-state index is -0.607. The highest BCUT2D eigenvalue weighted by Gasteiger charge is 2.34. The van der Waals surface area contributed by atoms with Crippen molar-refractivity contribution in [1.82, 2.24) is 5.32 Å². The van der Waals surface area contributed by atoms with Gasteiger partial charge >= 0.3 is 0 Å². The molecule has 2 aliphatic rings. The normalized spacial score (nSPS) is 23.4. The fraction of sp³-hybridized carbons (Fsp3) is 0.933. The van der Waals surface area contributed by atoms with Crippen molar-refractivity contribution in [1.29, 1.82) is 0 Å². The molecule has 19 heavy (non-hydrogen) atoms. The Morgan fingerprint density at radius 3 is 2.53 bits per heavy atom. The van der Waals surface area contributed by atoms with Crippen molar-refractivity contribution in [3.63, 3.8) is 0 Å². The SMILES string of the molecule is NC1(C(=O)NCCCOC2CCCC2)CCCCC1. The van der Waals surface area contributed by atoms with Crippen LogP contribution in [-0.2, 0) is 9.53 Å². The van der Waals surface area contributed by atoms with Crippen molar-refractivity contribution in [3.05, 3.63) is 0 Å². The Morgan fingerprint density at radius 2 is 1.84 bits per heavy atom. The van der Waals surface area contributed by atoms with Gasteiger partial charge in [0.1, 0.15) is 0 Å². The second-order valence-electron chi connectivity index (χ2n) is 6.10. The van der Waals surface area contributed by atoms with E-state index in [1.807, 2.05) is 0 Å². The summed E-state index contributed by atoms with van der Waals surface area (Å²) >= 11 is 0. The fourth-order valence-electron chi connectivity index (χ4n) is 3.16. The van der Waals surface area contributed by atoms with Crippen LogP contribution in [0.2, 0.25) is 0 Å². The second kappa shape index (κ2) is 7.25. The number of hydrogen-bond donors (Lipinski definition) is 2. The molecule has 4 nitrogen and oxygen atoms in total. The second-order valence-corrected chi connectivity index (χ2v) is 6.10. The number of rotatable bonds is 6. The van der Waals surface area contributed by atoms with E-state index in [4.69, 9.17) is 10.5 Å². The molecule has 1 amide bonds. The zero-order valence-electron chi connectivity index (χ0n) is 12.0. The quantitative estimate of drug-likeness (QED) is 0.725. The Bertz CT molecular complexity index is 282. The summed E-state index contributed by atoms with van der Waals surface area (Å²) in [6.07, 6.45) is 11.4. The van der Waals surface area contributed by atoms with E-state index in [1.165, 1.54) is 32.1 Å². The number of amides is 1. The molecule has 2 rings (SSSR count). The molecule has 0 aliphatic heterocycles. The summed E-state index contributed by atoms with van der Waals surface area (Å²) in [6, 6.07) is 0. The van der Waals surface area contributed by atoms with Crippen molar-refractivity contribution in [2.75, 3.05) is 13.2 Å². The van der Waals surface area contributed by atoms with E-state index in [0.29, 0.717) is 12.6 Å². The molecule has 2 aliphatic carbocycles. The molecule has 0 aromatic carbocycles. The summed E-state index contributed by atoms with van der Waals surface area (Å²) in [5, 5.41) is 2.97. The summed E-state index contributed by atoms with van der Waals surface area (Å²) in [4.78, 5) is 12.1. The van der Waals surface area contributed by atoms with Gasteiger partial charge in [0.05, 0.1) is 11.6 Å². The van der Waals surface area contributed by atoms with E-state index in [9.17, 15) is 4.79 Å². The van der Waals surface area contributed by atoms with Gasteiger partial charge < -0.3 is 15.8 Å². The molecule has 3 N–H and O–H groups in total. The summed E-state index contributed by atoms with van der Waals surface area (Å²) in [5.41, 5.74) is 5.57. The maximum atomic E-state index is 12.1. The third-order valence-electron chi connectivity index (χ3n) is 4.46. The van der Waals surface area contributed by atoms with Crippen molar-refractivity contribution in [3.8, 4) is 0 Å². The first-order valence-electron chi connectivity index (χ1n) is 7.89. The zero-order chi connectivity index (χ0) is 13.6. The monoisotopic (exact) mass is 268 g/mol. The molecular formula is C15H28N2O2. The fourth-order valence-corrected chi connectivity index (χ4v) is 3.16. The Balaban J connectivity index is 1.55. The van der Waals surface area contributed by atoms with Gasteiger partial charge in [-0.1, -0.05) is 32.1 Å². The Kier molecular flexibility index (Phi) is 5.64. The van der Waals surface area contributed by atoms with Gasteiger partial charge in [0.25, 0.3) is 0 Å². The first-order chi connectivity index (χ1) is 9.21. The van der Waals surface area contributed by atoms with E-state index in [1.54, 1.807) is 0 Å². The predicted octanol–water partition coefficient (Wildman–Crippen LogP) is 2.11. The van der Waals surface area contributed by atoms with Crippen LogP contribution in [0.1, 0.15) is 64.2 Å². The smallest absolute Gasteiger partial charge is 0.240 e. The lowest BCUT2D eigenvalue weighted by Gasteiger charge is -2.31. The molecule has 0 unspecified atom stereocenters. The van der Waals surface area contributed by atoms with E-state index in [2.05, 4.69) is 5.32 Å². The molecule has 0 aromatic heterocycles. The number of carbonyl (C=O) groups is 1. The summed E-state index contributed by atoms with van der Waals surface area (Å²) in [6.45, 7) is 1.44. The van der Waals surface area contributed by atoms with Crippen LogP contribution in [-0.4, -0.2) is 30.7 Å². The molecule has 110 valence electrons. The molecule has 2 fully saturated rings. The highest BCUT2D eigenvalue weighted by atomic mass is 16.5. The van der Waals surface area contributed by atoms with Crippen molar-refractivity contribution < 1.29 is 9.53 Å². The third kappa shape index (κ3) is 4.46. The number of nitrogens with two attached hydrogens (primary N) is 1. The lowest BCUT2D eigenvalue weighted by atomic mass is 9.82. The lowest BCUT2D eigenvalue weighted by molar-refractivity contribution is -0.127. The molecule has 0 spiro atoms. The summed E-state index contributed by atoms with van der Waals surface area (Å²) in [5.74, 6) is 0.0352. The van der Waals surface area contributed by atoms with Crippen molar-refractivity contribution in [2.45, 2.75) is 75.9 Å². The van der Waals surface area contributed by atoms with Gasteiger partial charge in [-0.15, -0.1) is 0 Å². The van der Waals surface area contributed by atoms with Gasteiger partial charge in [0, 0.05) is 13.2 Å². The standard InChI is InChI=1S/C15H28N2O2/c16-15(9-4-1-5-10-15)14(18)17-11-6-12-19-13-7-2-3-8-13/h13H,1-12,16H2,(H,17,18). The summed E-state index contributed by atoms with van der Waals surface area (Å²) < 4.78 is 5.77. The largest absolute Gasteiger partial charge is 0.378 e. The first-order valence-corrected chi connectivity index (χ1v) is 7.89. The maximum absolute atomic E-state index is 12.1. The molecule has 0 atom stereocenters. The van der Waals surface area contributed by atoms with Crippen LogP contribution < -0.4 is 11.1 Å². The van der Waals surface area contributed by atoms with Gasteiger partial charge in [-0.3, -0.25) is 4.79 Å². The third-order valence-corrected chi connectivity index (χ3v) is 4.46. The van der Waals surface area contributed by atoms with Gasteiger partial charge in [0.2, 0.25) is 5.91 Å². The van der Waals surface area contributed by atoms with Crippen LogP contribution in [0.3, 0.4) is 0 Å².